The van der Waals surface area contributed by atoms with E-state index in [1.54, 1.807) is 65.8 Å². The van der Waals surface area contributed by atoms with Gasteiger partial charge in [-0.05, 0) is 38.7 Å². The topological polar surface area (TPSA) is 209 Å². The van der Waals surface area contributed by atoms with Crippen LogP contribution in [0.2, 0.25) is 0 Å². The third kappa shape index (κ3) is 8.80. The lowest BCUT2D eigenvalue weighted by Gasteiger charge is -2.38. The molecule has 2 fully saturated rings. The molecule has 5 aliphatic rings. The van der Waals surface area contributed by atoms with Crippen molar-refractivity contribution in [3.63, 3.8) is 0 Å². The third-order valence-corrected chi connectivity index (χ3v) is 14.5. The number of carbonyl (C=O) groups excluding carboxylic acids is 3. The van der Waals surface area contributed by atoms with Crippen LogP contribution in [-0.4, -0.2) is 106 Å². The van der Waals surface area contributed by atoms with E-state index >= 15 is 0 Å². The number of nitrogens with zero attached hydrogens (tertiary/aromatic N) is 3. The molecule has 4 bridgehead atoms. The first kappa shape index (κ1) is 47.1. The highest BCUT2D eigenvalue weighted by Crippen LogP contribution is 2.50. The van der Waals surface area contributed by atoms with Crippen LogP contribution in [0.5, 0.6) is 17.2 Å². The summed E-state index contributed by atoms with van der Waals surface area (Å²) in [6.07, 6.45) is 11.4. The molecule has 4 aliphatic heterocycles. The van der Waals surface area contributed by atoms with Crippen molar-refractivity contribution in [3.05, 3.63) is 58.0 Å². The number of aliphatic hydroxyl groups excluding tert-OH is 2. The summed E-state index contributed by atoms with van der Waals surface area (Å²) >= 11 is 0. The molecule has 1 aliphatic carbocycles. The fraction of sp³-hybridized carbons (Fsp3) is 0.612. The first-order valence-electron chi connectivity index (χ1n) is 22.9. The van der Waals surface area contributed by atoms with Crippen LogP contribution < -0.4 is 20.8 Å². The molecule has 1 saturated heterocycles. The van der Waals surface area contributed by atoms with Gasteiger partial charge in [0.15, 0.2) is 11.4 Å². The maximum Gasteiger partial charge on any atom is 0.312 e. The summed E-state index contributed by atoms with van der Waals surface area (Å²) in [6.45, 7) is 15.5. The van der Waals surface area contributed by atoms with Gasteiger partial charge in [-0.1, -0.05) is 65.2 Å². The standard InChI is InChI=1S/C49H66N4O11/c1-25-14-13-15-26(2)47(60)50-39-38-37(51-49(52-38)19-21-53(22-20-49)24-32-16-11-10-12-17-32)34-35(43(39)58)42(57)30(6)45-36(34)46(59)48(8,64-45)62-23-18-33(61-9)27(3)44(63-31(7)54)29(5)41(56)28(4)40(25)55/h13-15,18,23,25,27-29,32-33,40-41,44,55-58H,10-12,16-17,19-22,24H2,1-9H3,(H,50,60)/b14-13+,23-18+,26-15-/t25-,27+,28+,29+,33-,40-,41+,44+,48-/m0/s1. The number of likely N-dealkylation sites (tertiary alicyclic amines) is 1. The molecule has 0 aromatic heterocycles. The van der Waals surface area contributed by atoms with Crippen LogP contribution in [0, 0.1) is 36.5 Å². The smallest absolute Gasteiger partial charge is 0.312 e. The number of esters is 1. The van der Waals surface area contributed by atoms with Crippen LogP contribution in [0.25, 0.3) is 10.8 Å². The van der Waals surface area contributed by atoms with Crippen molar-refractivity contribution < 1.29 is 53.8 Å². The van der Waals surface area contributed by atoms with Crippen molar-refractivity contribution in [2.24, 2.45) is 39.6 Å². The molecule has 0 unspecified atom stereocenters. The molecular formula is C49H66N4O11. The van der Waals surface area contributed by atoms with E-state index in [-0.39, 0.29) is 55.4 Å². The van der Waals surface area contributed by atoms with E-state index in [1.165, 1.54) is 59.3 Å². The van der Waals surface area contributed by atoms with Crippen LogP contribution in [0.1, 0.15) is 109 Å². The Labute approximate surface area is 374 Å². The van der Waals surface area contributed by atoms with Gasteiger partial charge in [-0.2, -0.15) is 0 Å². The van der Waals surface area contributed by atoms with Gasteiger partial charge in [-0.3, -0.25) is 24.4 Å². The number of aliphatic hydroxyl groups is 2. The lowest BCUT2D eigenvalue weighted by Crippen LogP contribution is -2.46. The number of hydrogen-bond donors (Lipinski definition) is 5. The summed E-state index contributed by atoms with van der Waals surface area (Å²) in [6, 6.07) is 0. The number of hydrogen-bond acceptors (Lipinski definition) is 14. The monoisotopic (exact) mass is 886 g/mol. The highest BCUT2D eigenvalue weighted by Gasteiger charge is 2.50. The van der Waals surface area contributed by atoms with Crippen LogP contribution in [0.4, 0.5) is 5.69 Å². The number of methoxy groups -OCH3 is 1. The second-order valence-electron chi connectivity index (χ2n) is 19.1. The van der Waals surface area contributed by atoms with E-state index in [0.717, 1.165) is 19.6 Å². The van der Waals surface area contributed by atoms with E-state index < -0.39 is 82.9 Å². The minimum absolute atomic E-state index is 0.0422. The Kier molecular flexibility index (Phi) is 13.7. The van der Waals surface area contributed by atoms with Gasteiger partial charge in [0.05, 0.1) is 40.9 Å². The molecule has 4 heterocycles. The van der Waals surface area contributed by atoms with E-state index in [1.807, 2.05) is 0 Å². The third-order valence-electron chi connectivity index (χ3n) is 14.5. The number of phenols is 2. The van der Waals surface area contributed by atoms with Gasteiger partial charge in [0.2, 0.25) is 0 Å². The van der Waals surface area contributed by atoms with Crippen molar-refractivity contribution in [1.29, 1.82) is 0 Å². The number of ketones is 1. The maximum absolute atomic E-state index is 14.8. The maximum atomic E-state index is 14.8. The quantitative estimate of drug-likeness (QED) is 0.186. The minimum atomic E-state index is -1.96. The van der Waals surface area contributed by atoms with Gasteiger partial charge >= 0.3 is 11.8 Å². The molecule has 7 rings (SSSR count). The number of Topliss-reactive ketones (excluding diaryl/α,β-unsaturated/α-hetero) is 1. The van der Waals surface area contributed by atoms with Crippen molar-refractivity contribution >= 4 is 34.1 Å². The molecule has 2 aromatic carbocycles. The SMILES string of the molecule is CO[C@H]1/C=C/O[C@@]2(C)Oc3c(C)c(O)c4c(O)c(c5c(c4c3C2=O)=NC2(CCN(CC3CCCCC3)CC2)N=5)NC(=O)/C(C)=C\C=C\[C@H](C)[C@H](O)[C@@H](C)[C@@H](O)[C@@H](C)[C@H](OC(C)=O)[C@@H]1C. The Balaban J connectivity index is 1.36. The first-order valence-corrected chi connectivity index (χ1v) is 22.9. The van der Waals surface area contributed by atoms with Crippen molar-refractivity contribution in [2.75, 3.05) is 32.1 Å². The summed E-state index contributed by atoms with van der Waals surface area (Å²) in [5.41, 5.74) is -0.520. The molecule has 15 heteroatoms. The number of rotatable bonds is 4. The van der Waals surface area contributed by atoms with Crippen LogP contribution in [0.3, 0.4) is 0 Å². The summed E-state index contributed by atoms with van der Waals surface area (Å²) < 4.78 is 24.1. The Hall–Kier alpha value is -4.83. The largest absolute Gasteiger partial charge is 0.507 e. The van der Waals surface area contributed by atoms with Gasteiger partial charge in [-0.25, -0.2) is 0 Å². The molecule has 9 atom stereocenters. The number of aromatic hydroxyl groups is 2. The fourth-order valence-corrected chi connectivity index (χ4v) is 10.4. The number of anilines is 1. The summed E-state index contributed by atoms with van der Waals surface area (Å²) in [5.74, 6) is -6.18. The first-order chi connectivity index (χ1) is 30.3. The van der Waals surface area contributed by atoms with Gasteiger partial charge in [-0.15, -0.1) is 0 Å². The highest BCUT2D eigenvalue weighted by atomic mass is 16.7. The van der Waals surface area contributed by atoms with Gasteiger partial charge < -0.3 is 49.6 Å². The number of phenolic OH excluding ortho intramolecular Hbond substituents is 2. The van der Waals surface area contributed by atoms with Crippen LogP contribution in [-0.2, 0) is 23.8 Å². The molecule has 1 saturated carbocycles. The van der Waals surface area contributed by atoms with Gasteiger partial charge in [0, 0.05) is 93.6 Å². The molecule has 15 nitrogen and oxygen atoms in total. The molecule has 0 radical (unpaired) electrons. The molecule has 1 amide bonds. The predicted molar refractivity (Wildman–Crippen MR) is 239 cm³/mol. The lowest BCUT2D eigenvalue weighted by molar-refractivity contribution is -0.160. The zero-order valence-corrected chi connectivity index (χ0v) is 38.6. The zero-order valence-electron chi connectivity index (χ0n) is 38.6. The normalized spacial score (nSPS) is 33.3. The van der Waals surface area contributed by atoms with Crippen molar-refractivity contribution in [1.82, 2.24) is 4.90 Å². The second-order valence-corrected chi connectivity index (χ2v) is 19.1. The van der Waals surface area contributed by atoms with Crippen molar-refractivity contribution in [3.8, 4) is 17.2 Å². The number of carbonyl (C=O) groups is 3. The highest BCUT2D eigenvalue weighted by molar-refractivity contribution is 6.19. The minimum Gasteiger partial charge on any atom is -0.507 e. The molecule has 2 aromatic rings. The summed E-state index contributed by atoms with van der Waals surface area (Å²) in [5, 5.41) is 50.5. The van der Waals surface area contributed by atoms with E-state index in [4.69, 9.17) is 28.9 Å². The zero-order chi connectivity index (χ0) is 46.4. The molecule has 5 N–H and O–H groups in total. The molecule has 64 heavy (non-hydrogen) atoms. The van der Waals surface area contributed by atoms with Gasteiger partial charge in [0.25, 0.3) is 11.7 Å². The van der Waals surface area contributed by atoms with E-state index in [9.17, 15) is 34.8 Å². The van der Waals surface area contributed by atoms with Crippen molar-refractivity contribution in [2.45, 2.75) is 136 Å². The Bertz CT molecular complexity index is 2380. The number of nitrogens with one attached hydrogen (secondary N) is 1. The Morgan fingerprint density at radius 3 is 2.25 bits per heavy atom. The van der Waals surface area contributed by atoms with E-state index in [2.05, 4.69) is 10.2 Å². The second kappa shape index (κ2) is 18.6. The predicted octanol–water partition coefficient (Wildman–Crippen LogP) is 5.67. The Morgan fingerprint density at radius 1 is 0.922 bits per heavy atom. The lowest BCUT2D eigenvalue weighted by atomic mass is 9.78. The molecule has 348 valence electrons. The summed E-state index contributed by atoms with van der Waals surface area (Å²) in [7, 11) is 1.47. The number of ether oxygens (including phenoxy) is 4. The average molecular weight is 887 g/mol. The van der Waals surface area contributed by atoms with Crippen LogP contribution >= 0.6 is 0 Å². The van der Waals surface area contributed by atoms with Gasteiger partial charge in [0.1, 0.15) is 28.6 Å². The molecule has 1 spiro atoms. The van der Waals surface area contributed by atoms with E-state index in [0.29, 0.717) is 18.8 Å². The average Bonchev–Trinajstić information content (AvgIpc) is 3.77. The number of amides is 1. The number of piperidine rings is 1. The number of benzene rings is 2. The van der Waals surface area contributed by atoms with Crippen LogP contribution in [0.15, 0.2) is 46.1 Å². The Morgan fingerprint density at radius 2 is 1.59 bits per heavy atom. The molecular weight excluding hydrogens is 821 g/mol. The fourth-order valence-electron chi connectivity index (χ4n) is 10.4. The summed E-state index contributed by atoms with van der Waals surface area (Å²) in [4.78, 5) is 54.1. The number of allylic oxidation sites excluding steroid dienone is 2. The number of fused-ring (bicyclic) bond motifs is 1.